The zero-order valence-corrected chi connectivity index (χ0v) is 17.2. The lowest BCUT2D eigenvalue weighted by Gasteiger charge is -2.09. The van der Waals surface area contributed by atoms with Gasteiger partial charge in [0.25, 0.3) is 11.6 Å². The van der Waals surface area contributed by atoms with Crippen LogP contribution in [-0.2, 0) is 16.1 Å². The molecule has 0 saturated carbocycles. The molecule has 0 unspecified atom stereocenters. The lowest BCUT2D eigenvalue weighted by Crippen LogP contribution is -2.21. The van der Waals surface area contributed by atoms with Crippen molar-refractivity contribution in [2.45, 2.75) is 6.61 Å². The summed E-state index contributed by atoms with van der Waals surface area (Å²) >= 11 is 0. The first kappa shape index (κ1) is 22.3. The summed E-state index contributed by atoms with van der Waals surface area (Å²) < 4.78 is 10.7. The smallest absolute Gasteiger partial charge is 0.338 e. The molecule has 0 saturated heterocycles. The Morgan fingerprint density at radius 3 is 2.38 bits per heavy atom. The van der Waals surface area contributed by atoms with Crippen molar-refractivity contribution in [1.29, 1.82) is 0 Å². The molecular formula is C23H21N3O6. The van der Waals surface area contributed by atoms with Gasteiger partial charge in [-0.3, -0.25) is 14.9 Å². The van der Waals surface area contributed by atoms with Gasteiger partial charge in [-0.2, -0.15) is 0 Å². The number of carbonyl (C=O) groups is 2. The highest BCUT2D eigenvalue weighted by molar-refractivity contribution is 5.96. The summed E-state index contributed by atoms with van der Waals surface area (Å²) in [4.78, 5) is 34.7. The highest BCUT2D eigenvalue weighted by atomic mass is 16.6. The van der Waals surface area contributed by atoms with Crippen molar-refractivity contribution >= 4 is 28.9 Å². The second-order valence-electron chi connectivity index (χ2n) is 6.66. The molecule has 0 aromatic heterocycles. The van der Waals surface area contributed by atoms with E-state index in [0.717, 1.165) is 11.6 Å². The van der Waals surface area contributed by atoms with Gasteiger partial charge >= 0.3 is 5.97 Å². The second kappa shape index (κ2) is 10.6. The van der Waals surface area contributed by atoms with Crippen molar-refractivity contribution in [3.8, 4) is 5.75 Å². The average molecular weight is 435 g/mol. The number of benzene rings is 3. The van der Waals surface area contributed by atoms with Crippen LogP contribution in [0.25, 0.3) is 0 Å². The van der Waals surface area contributed by atoms with E-state index in [4.69, 9.17) is 9.47 Å². The van der Waals surface area contributed by atoms with E-state index < -0.39 is 23.4 Å². The fourth-order valence-corrected chi connectivity index (χ4v) is 2.81. The number of rotatable bonds is 9. The molecule has 3 rings (SSSR count). The number of nitrogens with zero attached hydrogens (tertiary/aromatic N) is 1. The minimum Gasteiger partial charge on any atom is -0.489 e. The van der Waals surface area contributed by atoms with Crippen LogP contribution in [0, 0.1) is 10.1 Å². The summed E-state index contributed by atoms with van der Waals surface area (Å²) in [6, 6.07) is 20.4. The highest BCUT2D eigenvalue weighted by Crippen LogP contribution is 2.25. The molecule has 0 aliphatic carbocycles. The van der Waals surface area contributed by atoms with Gasteiger partial charge in [-0.05, 0) is 42.0 Å². The van der Waals surface area contributed by atoms with E-state index in [-0.39, 0.29) is 16.9 Å². The lowest BCUT2D eigenvalue weighted by atomic mass is 10.1. The first-order valence-corrected chi connectivity index (χ1v) is 9.66. The normalized spacial score (nSPS) is 10.2. The zero-order valence-electron chi connectivity index (χ0n) is 17.2. The van der Waals surface area contributed by atoms with Crippen molar-refractivity contribution in [2.75, 3.05) is 24.3 Å². The van der Waals surface area contributed by atoms with Gasteiger partial charge in [0.1, 0.15) is 18.0 Å². The van der Waals surface area contributed by atoms with E-state index >= 15 is 0 Å². The molecule has 9 heteroatoms. The van der Waals surface area contributed by atoms with Gasteiger partial charge in [-0.15, -0.1) is 0 Å². The molecule has 2 N–H and O–H groups in total. The van der Waals surface area contributed by atoms with Gasteiger partial charge in [-0.1, -0.05) is 30.3 Å². The van der Waals surface area contributed by atoms with Gasteiger partial charge in [0, 0.05) is 18.8 Å². The number of nitrogens with one attached hydrogen (secondary N) is 2. The third kappa shape index (κ3) is 6.05. The Morgan fingerprint density at radius 2 is 1.72 bits per heavy atom. The topological polar surface area (TPSA) is 120 Å². The molecule has 164 valence electrons. The quantitative estimate of drug-likeness (QED) is 0.296. The predicted molar refractivity (Wildman–Crippen MR) is 119 cm³/mol. The highest BCUT2D eigenvalue weighted by Gasteiger charge is 2.18. The van der Waals surface area contributed by atoms with E-state index in [0.29, 0.717) is 18.0 Å². The fourth-order valence-electron chi connectivity index (χ4n) is 2.81. The van der Waals surface area contributed by atoms with Crippen LogP contribution in [-0.4, -0.2) is 30.5 Å². The Kier molecular flexibility index (Phi) is 7.37. The molecule has 32 heavy (non-hydrogen) atoms. The van der Waals surface area contributed by atoms with Crippen molar-refractivity contribution < 1.29 is 24.0 Å². The number of amides is 1. The Hall–Kier alpha value is -4.40. The first-order valence-electron chi connectivity index (χ1n) is 9.66. The number of carbonyl (C=O) groups excluding carboxylic acids is 2. The standard InChI is InChI=1S/C23H21N3O6/c1-24-20-12-7-17(13-21(20)26(29)30)23(28)32-15-22(27)25-18-8-10-19(11-9-18)31-14-16-5-3-2-4-6-16/h2-13,24H,14-15H2,1H3,(H,25,27). The SMILES string of the molecule is CNc1ccc(C(=O)OCC(=O)Nc2ccc(OCc3ccccc3)cc2)cc1[N+](=O)[O-]. The van der Waals surface area contributed by atoms with Gasteiger partial charge in [0.2, 0.25) is 0 Å². The number of ether oxygens (including phenoxy) is 2. The summed E-state index contributed by atoms with van der Waals surface area (Å²) in [6.07, 6.45) is 0. The summed E-state index contributed by atoms with van der Waals surface area (Å²) in [6.45, 7) is -0.109. The van der Waals surface area contributed by atoms with Gasteiger partial charge in [0.05, 0.1) is 10.5 Å². The maximum Gasteiger partial charge on any atom is 0.338 e. The molecule has 0 aliphatic rings. The van der Waals surface area contributed by atoms with Crippen molar-refractivity contribution in [2.24, 2.45) is 0 Å². The molecular weight excluding hydrogens is 414 g/mol. The van der Waals surface area contributed by atoms with Crippen LogP contribution in [0.5, 0.6) is 5.75 Å². The van der Waals surface area contributed by atoms with E-state index in [1.807, 2.05) is 30.3 Å². The van der Waals surface area contributed by atoms with E-state index in [1.165, 1.54) is 19.2 Å². The minimum absolute atomic E-state index is 0.0246. The number of nitro benzene ring substituents is 1. The lowest BCUT2D eigenvalue weighted by molar-refractivity contribution is -0.384. The molecule has 3 aromatic rings. The summed E-state index contributed by atoms with van der Waals surface area (Å²) in [7, 11) is 1.53. The maximum atomic E-state index is 12.1. The molecule has 0 radical (unpaired) electrons. The monoisotopic (exact) mass is 435 g/mol. The molecule has 0 atom stereocenters. The van der Waals surface area contributed by atoms with Crippen molar-refractivity contribution in [3.63, 3.8) is 0 Å². The zero-order chi connectivity index (χ0) is 22.9. The third-order valence-corrected chi connectivity index (χ3v) is 4.42. The van der Waals surface area contributed by atoms with Crippen LogP contribution in [0.1, 0.15) is 15.9 Å². The van der Waals surface area contributed by atoms with Crippen LogP contribution in [0.4, 0.5) is 17.1 Å². The maximum absolute atomic E-state index is 12.1. The summed E-state index contributed by atoms with van der Waals surface area (Å²) in [5.41, 5.74) is 1.52. The van der Waals surface area contributed by atoms with Crippen LogP contribution in [0.2, 0.25) is 0 Å². The molecule has 3 aromatic carbocycles. The number of hydrogen-bond acceptors (Lipinski definition) is 7. The van der Waals surface area contributed by atoms with Crippen LogP contribution >= 0.6 is 0 Å². The number of hydrogen-bond donors (Lipinski definition) is 2. The molecule has 0 bridgehead atoms. The molecule has 1 amide bonds. The Labute approximate surface area is 184 Å². The number of nitro groups is 1. The molecule has 0 heterocycles. The van der Waals surface area contributed by atoms with Crippen molar-refractivity contribution in [1.82, 2.24) is 0 Å². The van der Waals surface area contributed by atoms with Crippen LogP contribution in [0.15, 0.2) is 72.8 Å². The number of esters is 1. The molecule has 9 nitrogen and oxygen atoms in total. The van der Waals surface area contributed by atoms with Gasteiger partial charge < -0.3 is 20.1 Å². The minimum atomic E-state index is -0.837. The number of anilines is 2. The molecule has 0 aliphatic heterocycles. The van der Waals surface area contributed by atoms with Crippen LogP contribution < -0.4 is 15.4 Å². The van der Waals surface area contributed by atoms with Gasteiger partial charge in [-0.25, -0.2) is 4.79 Å². The van der Waals surface area contributed by atoms with Gasteiger partial charge in [0.15, 0.2) is 6.61 Å². The third-order valence-electron chi connectivity index (χ3n) is 4.42. The first-order chi connectivity index (χ1) is 15.5. The summed E-state index contributed by atoms with van der Waals surface area (Å²) in [5, 5.41) is 16.4. The largest absolute Gasteiger partial charge is 0.489 e. The summed E-state index contributed by atoms with van der Waals surface area (Å²) in [5.74, 6) is -0.738. The van der Waals surface area contributed by atoms with Crippen molar-refractivity contribution in [3.05, 3.63) is 94.0 Å². The van der Waals surface area contributed by atoms with E-state index in [1.54, 1.807) is 24.3 Å². The fraction of sp³-hybridized carbons (Fsp3) is 0.130. The second-order valence-corrected chi connectivity index (χ2v) is 6.66. The molecule has 0 fully saturated rings. The van der Waals surface area contributed by atoms with E-state index in [9.17, 15) is 19.7 Å². The Balaban J connectivity index is 1.49. The predicted octanol–water partition coefficient (Wildman–Crippen LogP) is 4.01. The Bertz CT molecular complexity index is 1100. The Morgan fingerprint density at radius 1 is 1.00 bits per heavy atom. The van der Waals surface area contributed by atoms with E-state index in [2.05, 4.69) is 10.6 Å². The molecule has 0 spiro atoms. The van der Waals surface area contributed by atoms with Crippen LogP contribution in [0.3, 0.4) is 0 Å². The average Bonchev–Trinajstić information content (AvgIpc) is 2.82.